The average molecular weight is 648 g/mol. The first kappa shape index (κ1) is 30.1. The van der Waals surface area contributed by atoms with E-state index < -0.39 is 35.3 Å². The number of primary amides is 1. The number of nitrogen functional groups attached to an aromatic ring is 1. The second-order valence-electron chi connectivity index (χ2n) is 9.06. The molecule has 3 aromatic heterocycles. The van der Waals surface area contributed by atoms with Crippen molar-refractivity contribution in [3.8, 4) is 0 Å². The number of fused-ring (bicyclic) bond motifs is 2. The summed E-state index contributed by atoms with van der Waals surface area (Å²) in [4.78, 5) is 59.0. The number of aliphatic carboxylic acids is 1. The lowest BCUT2D eigenvalue weighted by Crippen LogP contribution is -2.71. The van der Waals surface area contributed by atoms with E-state index in [4.69, 9.17) is 21.0 Å². The highest BCUT2D eigenvalue weighted by atomic mass is 32.2. The maximum atomic E-state index is 13.1. The molecule has 5 heterocycles. The number of nitrogens with zero attached hydrogens (tertiary/aromatic N) is 6. The van der Waals surface area contributed by atoms with Crippen LogP contribution in [0.25, 0.3) is 5.65 Å². The lowest BCUT2D eigenvalue weighted by atomic mass is 10.0. The van der Waals surface area contributed by atoms with Crippen LogP contribution in [-0.4, -0.2) is 85.7 Å². The molecule has 0 aromatic carbocycles. The van der Waals surface area contributed by atoms with E-state index in [9.17, 15) is 24.3 Å². The number of rotatable bonds is 12. The fourth-order valence-corrected chi connectivity index (χ4v) is 7.15. The minimum atomic E-state index is -1.49. The molecule has 19 heteroatoms. The van der Waals surface area contributed by atoms with Gasteiger partial charge in [0.05, 0.1) is 18.3 Å². The van der Waals surface area contributed by atoms with Crippen LogP contribution >= 0.6 is 34.9 Å². The van der Waals surface area contributed by atoms with E-state index in [1.54, 1.807) is 16.9 Å². The van der Waals surface area contributed by atoms with Gasteiger partial charge in [-0.15, -0.1) is 39.4 Å². The lowest BCUT2D eigenvalue weighted by Gasteiger charge is -2.50. The third kappa shape index (κ3) is 6.37. The van der Waals surface area contributed by atoms with Crippen molar-refractivity contribution in [3.05, 3.63) is 46.9 Å². The normalized spacial score (nSPS) is 18.3. The number of aromatic nitrogens is 4. The highest BCUT2D eigenvalue weighted by Crippen LogP contribution is 2.40. The van der Waals surface area contributed by atoms with Crippen LogP contribution in [0, 0.1) is 0 Å². The number of carbonyl (C=O) groups is 4. The number of carboxylic acids is 1. The van der Waals surface area contributed by atoms with Gasteiger partial charge in [-0.25, -0.2) is 14.3 Å². The Morgan fingerprint density at radius 1 is 1.35 bits per heavy atom. The summed E-state index contributed by atoms with van der Waals surface area (Å²) in [5.41, 5.74) is 11.6. The number of thioether (sulfide) groups is 2. The van der Waals surface area contributed by atoms with Crippen LogP contribution in [0.1, 0.15) is 12.1 Å². The molecule has 3 amide bonds. The summed E-state index contributed by atoms with van der Waals surface area (Å²) < 4.78 is 8.20. The SMILES string of the molecule is CO/N=C(\C(=O)N[C@@H]1C(=O)N2C(C(=O)[O-])=C(C[n+]3ccn4nc(SCCCOC(N)=O)ccc43)CS[C@H]12)c1csc(N)n1. The number of carboxylic acid groups (broad SMARTS) is 1. The molecular weight excluding hydrogens is 623 g/mol. The van der Waals surface area contributed by atoms with Crippen molar-refractivity contribution in [2.24, 2.45) is 10.9 Å². The zero-order valence-electron chi connectivity index (χ0n) is 22.5. The van der Waals surface area contributed by atoms with Gasteiger partial charge in [0.25, 0.3) is 11.8 Å². The number of anilines is 1. The molecule has 2 aliphatic heterocycles. The van der Waals surface area contributed by atoms with Crippen molar-refractivity contribution in [2.75, 3.05) is 31.0 Å². The Bertz CT molecular complexity index is 1650. The van der Waals surface area contributed by atoms with Gasteiger partial charge < -0.3 is 36.3 Å². The number of imidazole rings is 1. The van der Waals surface area contributed by atoms with Gasteiger partial charge in [0.2, 0.25) is 0 Å². The summed E-state index contributed by atoms with van der Waals surface area (Å²) >= 11 is 3.92. The molecule has 16 nitrogen and oxygen atoms in total. The molecule has 1 saturated heterocycles. The predicted octanol–water partition coefficient (Wildman–Crippen LogP) is -1.31. The molecule has 1 fully saturated rings. The van der Waals surface area contributed by atoms with Crippen molar-refractivity contribution < 1.29 is 38.4 Å². The molecule has 226 valence electrons. The molecule has 0 spiro atoms. The quantitative estimate of drug-likeness (QED) is 0.0521. The minimum Gasteiger partial charge on any atom is -0.543 e. The van der Waals surface area contributed by atoms with Crippen LogP contribution in [0.4, 0.5) is 9.93 Å². The second kappa shape index (κ2) is 12.9. The first-order chi connectivity index (χ1) is 20.7. The Hall–Kier alpha value is -4.36. The fourth-order valence-electron chi connectivity index (χ4n) is 4.49. The third-order valence-electron chi connectivity index (χ3n) is 6.33. The van der Waals surface area contributed by atoms with Crippen molar-refractivity contribution in [2.45, 2.75) is 29.4 Å². The van der Waals surface area contributed by atoms with Gasteiger partial charge in [-0.1, -0.05) is 10.3 Å². The van der Waals surface area contributed by atoms with Crippen LogP contribution in [0.5, 0.6) is 0 Å². The second-order valence-corrected chi connectivity index (χ2v) is 12.2. The summed E-state index contributed by atoms with van der Waals surface area (Å²) in [5, 5.41) is 25.0. The van der Waals surface area contributed by atoms with Crippen molar-refractivity contribution >= 4 is 75.2 Å². The Morgan fingerprint density at radius 2 is 2.16 bits per heavy atom. The van der Waals surface area contributed by atoms with Gasteiger partial charge in [0.1, 0.15) is 42.0 Å². The zero-order valence-corrected chi connectivity index (χ0v) is 24.9. The smallest absolute Gasteiger partial charge is 0.404 e. The molecule has 5 rings (SSSR count). The highest BCUT2D eigenvalue weighted by Gasteiger charge is 2.53. The van der Waals surface area contributed by atoms with E-state index in [-0.39, 0.29) is 41.1 Å². The molecule has 0 radical (unpaired) electrons. The number of oxime groups is 1. The summed E-state index contributed by atoms with van der Waals surface area (Å²) in [6.07, 6.45) is 3.30. The molecule has 0 unspecified atom stereocenters. The van der Waals surface area contributed by atoms with Crippen molar-refractivity contribution in [3.63, 3.8) is 0 Å². The van der Waals surface area contributed by atoms with Crippen LogP contribution in [0.2, 0.25) is 0 Å². The Balaban J connectivity index is 1.28. The number of β-lactam (4-membered cyclic amide) rings is 1. The van der Waals surface area contributed by atoms with E-state index in [2.05, 4.69) is 20.6 Å². The van der Waals surface area contributed by atoms with E-state index in [1.807, 2.05) is 16.7 Å². The fraction of sp³-hybridized carbons (Fsp3) is 0.333. The van der Waals surface area contributed by atoms with E-state index >= 15 is 0 Å². The number of ether oxygens (including phenoxy) is 1. The number of carbonyl (C=O) groups excluding carboxylic acids is 4. The number of nitrogens with one attached hydrogen (secondary N) is 1. The third-order valence-corrected chi connectivity index (χ3v) is 9.35. The van der Waals surface area contributed by atoms with Crippen molar-refractivity contribution in [1.82, 2.24) is 24.8 Å². The first-order valence-electron chi connectivity index (χ1n) is 12.6. The zero-order chi connectivity index (χ0) is 30.7. The Morgan fingerprint density at radius 3 is 2.86 bits per heavy atom. The first-order valence-corrected chi connectivity index (χ1v) is 15.5. The van der Waals surface area contributed by atoms with E-state index in [0.717, 1.165) is 21.3 Å². The summed E-state index contributed by atoms with van der Waals surface area (Å²) in [6, 6.07) is 2.69. The number of hydrogen-bond donors (Lipinski definition) is 3. The number of thiazole rings is 1. The van der Waals surface area contributed by atoms with Crippen LogP contribution in [0.15, 0.2) is 51.4 Å². The lowest BCUT2D eigenvalue weighted by molar-refractivity contribution is -0.662. The molecular formula is C24H25N9O7S3. The summed E-state index contributed by atoms with van der Waals surface area (Å²) in [5.74, 6) is -1.84. The average Bonchev–Trinajstić information content (AvgIpc) is 3.59. The standard InChI is InChI=1S/C24H25N9O7S3/c1-39-30-16(13-11-43-23(25)27-13)19(34)28-17-20(35)33-18(22(36)37)12(10-42-21(17)33)9-31-5-6-32-15(31)4-3-14(29-32)41-8-2-7-40-24(26)38/h3-6,11,17,21H,2,7-10H2,1H3,(H5-,25,26,27,28,34,36,37,38)/b30-16-/t17-,21-/m1/s1. The van der Waals surface area contributed by atoms with Gasteiger partial charge in [-0.05, 0) is 12.5 Å². The van der Waals surface area contributed by atoms with Crippen LogP contribution < -0.4 is 26.5 Å². The molecule has 2 atom stereocenters. The van der Waals surface area contributed by atoms with E-state index in [0.29, 0.717) is 23.4 Å². The largest absolute Gasteiger partial charge is 0.543 e. The van der Waals surface area contributed by atoms with Crippen LogP contribution in [-0.2, 0) is 30.5 Å². The molecule has 43 heavy (non-hydrogen) atoms. The molecule has 5 N–H and O–H groups in total. The highest BCUT2D eigenvalue weighted by molar-refractivity contribution is 8.00. The predicted molar refractivity (Wildman–Crippen MR) is 153 cm³/mol. The van der Waals surface area contributed by atoms with Gasteiger partial charge in [-0.2, -0.15) is 0 Å². The van der Waals surface area contributed by atoms with Gasteiger partial charge in [-0.3, -0.25) is 14.5 Å². The maximum absolute atomic E-state index is 13.1. The van der Waals surface area contributed by atoms with Crippen LogP contribution in [0.3, 0.4) is 0 Å². The number of nitrogens with two attached hydrogens (primary N) is 2. The number of hydrogen-bond acceptors (Lipinski definition) is 14. The molecule has 0 aliphatic carbocycles. The van der Waals surface area contributed by atoms with Gasteiger partial charge in [0.15, 0.2) is 17.0 Å². The summed E-state index contributed by atoms with van der Waals surface area (Å²) in [7, 11) is 1.27. The number of amides is 3. The van der Waals surface area contributed by atoms with Gasteiger partial charge in [0, 0.05) is 28.5 Å². The minimum absolute atomic E-state index is 0.164. The van der Waals surface area contributed by atoms with Crippen molar-refractivity contribution in [1.29, 1.82) is 0 Å². The van der Waals surface area contributed by atoms with Gasteiger partial charge >= 0.3 is 11.7 Å². The Kier molecular flexibility index (Phi) is 9.02. The van der Waals surface area contributed by atoms with E-state index in [1.165, 1.54) is 36.0 Å². The molecule has 2 aliphatic rings. The maximum Gasteiger partial charge on any atom is 0.404 e. The molecule has 0 saturated carbocycles. The molecule has 3 aromatic rings. The summed E-state index contributed by atoms with van der Waals surface area (Å²) in [6.45, 7) is 0.398. The topological polar surface area (TPSA) is 224 Å². The Labute approximate surface area is 256 Å². The molecule has 0 bridgehead atoms. The monoisotopic (exact) mass is 647 g/mol.